The molecule has 0 spiro atoms. The molecule has 3 unspecified atom stereocenters. The maximum absolute atomic E-state index is 12.2. The summed E-state index contributed by atoms with van der Waals surface area (Å²) in [5.74, 6) is 2.27. The van der Waals surface area contributed by atoms with Crippen LogP contribution < -0.4 is 17.0 Å². The van der Waals surface area contributed by atoms with Gasteiger partial charge in [0.05, 0.1) is 0 Å². The second-order valence-corrected chi connectivity index (χ2v) is 5.96. The molecule has 104 valence electrons. The van der Waals surface area contributed by atoms with Crippen LogP contribution in [0.3, 0.4) is 0 Å². The van der Waals surface area contributed by atoms with Crippen molar-refractivity contribution in [2.45, 2.75) is 38.8 Å². The summed E-state index contributed by atoms with van der Waals surface area (Å²) in [7, 11) is 0. The van der Waals surface area contributed by atoms with Gasteiger partial charge in [0, 0.05) is 31.9 Å². The second kappa shape index (κ2) is 4.96. The van der Waals surface area contributed by atoms with Crippen LogP contribution in [0.25, 0.3) is 0 Å². The quantitative estimate of drug-likeness (QED) is 0.855. The summed E-state index contributed by atoms with van der Waals surface area (Å²) in [6.07, 6.45) is 6.90. The lowest BCUT2D eigenvalue weighted by atomic mass is 9.89. The molecule has 5 heteroatoms. The van der Waals surface area contributed by atoms with E-state index < -0.39 is 0 Å². The lowest BCUT2D eigenvalue weighted by molar-refractivity contribution is 0.288. The van der Waals surface area contributed by atoms with E-state index in [1.807, 2.05) is 0 Å². The fourth-order valence-corrected chi connectivity index (χ4v) is 3.88. The highest BCUT2D eigenvalue weighted by atomic mass is 16.2. The zero-order valence-electron chi connectivity index (χ0n) is 11.1. The molecule has 0 amide bonds. The summed E-state index contributed by atoms with van der Waals surface area (Å²) in [6.45, 7) is 1.37. The van der Waals surface area contributed by atoms with Crippen molar-refractivity contribution in [3.63, 3.8) is 0 Å². The van der Waals surface area contributed by atoms with Crippen molar-refractivity contribution in [2.75, 3.05) is 6.54 Å². The Hall–Kier alpha value is -1.36. The Morgan fingerprint density at radius 3 is 2.74 bits per heavy atom. The topological polar surface area (TPSA) is 70.0 Å². The van der Waals surface area contributed by atoms with Crippen LogP contribution in [0.5, 0.6) is 0 Å². The van der Waals surface area contributed by atoms with E-state index in [0.29, 0.717) is 19.0 Å². The summed E-state index contributed by atoms with van der Waals surface area (Å²) in [5, 5.41) is 0. The summed E-state index contributed by atoms with van der Waals surface area (Å²) in [6, 6.07) is 1.48. The third-order valence-corrected chi connectivity index (χ3v) is 4.81. The highest BCUT2D eigenvalue weighted by Gasteiger charge is 2.39. The SMILES string of the molecule is NCCn1c(=O)ccn(CC2CC3CCC2C3)c1=O. The van der Waals surface area contributed by atoms with Crippen LogP contribution in [0.1, 0.15) is 25.7 Å². The summed E-state index contributed by atoms with van der Waals surface area (Å²) in [4.78, 5) is 23.9. The van der Waals surface area contributed by atoms with Crippen LogP contribution >= 0.6 is 0 Å². The summed E-state index contributed by atoms with van der Waals surface area (Å²) >= 11 is 0. The zero-order chi connectivity index (χ0) is 13.4. The van der Waals surface area contributed by atoms with Gasteiger partial charge in [0.1, 0.15) is 0 Å². The molecule has 0 aliphatic heterocycles. The van der Waals surface area contributed by atoms with Gasteiger partial charge in [-0.05, 0) is 37.0 Å². The molecule has 2 saturated carbocycles. The van der Waals surface area contributed by atoms with E-state index in [4.69, 9.17) is 5.73 Å². The van der Waals surface area contributed by atoms with E-state index >= 15 is 0 Å². The summed E-state index contributed by atoms with van der Waals surface area (Å²) < 4.78 is 2.94. The van der Waals surface area contributed by atoms with Crippen molar-refractivity contribution in [3.8, 4) is 0 Å². The van der Waals surface area contributed by atoms with Crippen molar-refractivity contribution in [1.82, 2.24) is 9.13 Å². The predicted octanol–water partition coefficient (Wildman–Crippen LogP) is 0.405. The van der Waals surface area contributed by atoms with Gasteiger partial charge in [-0.1, -0.05) is 6.42 Å². The number of rotatable bonds is 4. The van der Waals surface area contributed by atoms with Gasteiger partial charge in [-0.3, -0.25) is 9.36 Å². The molecule has 2 fully saturated rings. The Bertz CT molecular complexity index is 575. The van der Waals surface area contributed by atoms with Gasteiger partial charge in [-0.15, -0.1) is 0 Å². The van der Waals surface area contributed by atoms with Crippen LogP contribution in [0.2, 0.25) is 0 Å². The van der Waals surface area contributed by atoms with E-state index in [0.717, 1.165) is 18.4 Å². The minimum absolute atomic E-state index is 0.208. The molecular formula is C14H21N3O2. The third-order valence-electron chi connectivity index (χ3n) is 4.81. The number of nitrogens with zero attached hydrogens (tertiary/aromatic N) is 2. The molecule has 1 heterocycles. The maximum atomic E-state index is 12.2. The molecule has 2 aliphatic rings. The Kier molecular flexibility index (Phi) is 3.31. The van der Waals surface area contributed by atoms with Crippen LogP contribution in [0, 0.1) is 17.8 Å². The van der Waals surface area contributed by atoms with Crippen molar-refractivity contribution >= 4 is 0 Å². The molecule has 0 saturated heterocycles. The Balaban J connectivity index is 1.83. The largest absolute Gasteiger partial charge is 0.331 e. The molecule has 2 aliphatic carbocycles. The average molecular weight is 263 g/mol. The molecule has 19 heavy (non-hydrogen) atoms. The number of hydrogen-bond acceptors (Lipinski definition) is 3. The zero-order valence-corrected chi connectivity index (χ0v) is 11.1. The van der Waals surface area contributed by atoms with Crippen LogP contribution in [0.4, 0.5) is 0 Å². The standard InChI is InChI=1S/C14H21N3O2/c15-4-6-17-13(18)3-5-16(14(17)19)9-12-8-10-1-2-11(12)7-10/h3,5,10-12H,1-2,4,6-9,15H2. The van der Waals surface area contributed by atoms with Gasteiger partial charge in [0.25, 0.3) is 5.56 Å². The first-order chi connectivity index (χ1) is 9.19. The Morgan fingerprint density at radius 2 is 2.11 bits per heavy atom. The van der Waals surface area contributed by atoms with Gasteiger partial charge in [0.15, 0.2) is 0 Å². The van der Waals surface area contributed by atoms with Crippen LogP contribution in [0.15, 0.2) is 21.9 Å². The molecule has 3 rings (SSSR count). The molecule has 3 atom stereocenters. The molecule has 0 aromatic carbocycles. The Morgan fingerprint density at radius 1 is 1.26 bits per heavy atom. The maximum Gasteiger partial charge on any atom is 0.331 e. The molecular weight excluding hydrogens is 242 g/mol. The van der Waals surface area contributed by atoms with Gasteiger partial charge in [-0.2, -0.15) is 0 Å². The molecule has 1 aromatic rings. The van der Waals surface area contributed by atoms with Crippen molar-refractivity contribution in [3.05, 3.63) is 33.1 Å². The minimum Gasteiger partial charge on any atom is -0.329 e. The lowest BCUT2D eigenvalue weighted by Gasteiger charge is -2.22. The highest BCUT2D eigenvalue weighted by molar-refractivity contribution is 4.92. The number of nitrogens with two attached hydrogens (primary N) is 1. The van der Waals surface area contributed by atoms with E-state index in [1.165, 1.54) is 36.3 Å². The molecule has 2 N–H and O–H groups in total. The number of fused-ring (bicyclic) bond motifs is 2. The second-order valence-electron chi connectivity index (χ2n) is 5.96. The van der Waals surface area contributed by atoms with E-state index in [2.05, 4.69) is 0 Å². The van der Waals surface area contributed by atoms with Gasteiger partial charge in [0.2, 0.25) is 0 Å². The number of hydrogen-bond donors (Lipinski definition) is 1. The van der Waals surface area contributed by atoms with Crippen LogP contribution in [-0.4, -0.2) is 15.7 Å². The molecule has 5 nitrogen and oxygen atoms in total. The highest BCUT2D eigenvalue weighted by Crippen LogP contribution is 2.48. The van der Waals surface area contributed by atoms with Crippen LogP contribution in [-0.2, 0) is 13.1 Å². The average Bonchev–Trinajstić information content (AvgIpc) is 3.00. The first kappa shape index (κ1) is 12.7. The van der Waals surface area contributed by atoms with Gasteiger partial charge >= 0.3 is 5.69 Å². The van der Waals surface area contributed by atoms with Crippen molar-refractivity contribution in [1.29, 1.82) is 0 Å². The Labute approximate surface area is 112 Å². The molecule has 1 aromatic heterocycles. The normalized spacial score (nSPS) is 29.0. The van der Waals surface area contributed by atoms with Crippen molar-refractivity contribution < 1.29 is 0 Å². The first-order valence-corrected chi connectivity index (χ1v) is 7.19. The van der Waals surface area contributed by atoms with Gasteiger partial charge < -0.3 is 10.3 Å². The molecule has 2 bridgehead atoms. The van der Waals surface area contributed by atoms with E-state index in [9.17, 15) is 9.59 Å². The lowest BCUT2D eigenvalue weighted by Crippen LogP contribution is -2.41. The number of aromatic nitrogens is 2. The fourth-order valence-electron chi connectivity index (χ4n) is 3.88. The van der Waals surface area contributed by atoms with E-state index in [1.54, 1.807) is 10.8 Å². The predicted molar refractivity (Wildman–Crippen MR) is 73.0 cm³/mol. The minimum atomic E-state index is -0.250. The van der Waals surface area contributed by atoms with E-state index in [-0.39, 0.29) is 11.2 Å². The summed E-state index contributed by atoms with van der Waals surface area (Å²) in [5.41, 5.74) is 5.00. The monoisotopic (exact) mass is 263 g/mol. The third kappa shape index (κ3) is 2.27. The van der Waals surface area contributed by atoms with Crippen molar-refractivity contribution in [2.24, 2.45) is 23.5 Å². The molecule has 0 radical (unpaired) electrons. The first-order valence-electron chi connectivity index (χ1n) is 7.19. The van der Waals surface area contributed by atoms with Gasteiger partial charge in [-0.25, -0.2) is 4.79 Å². The smallest absolute Gasteiger partial charge is 0.329 e. The fraction of sp³-hybridized carbons (Fsp3) is 0.714.